The highest BCUT2D eigenvalue weighted by molar-refractivity contribution is 5.83. The van der Waals surface area contributed by atoms with Gasteiger partial charge in [-0.1, -0.05) is 54.6 Å². The number of nitrogens with zero attached hydrogens (tertiary/aromatic N) is 5. The average Bonchev–Trinajstić information content (AvgIpc) is 3.57. The molecule has 6 rings (SSSR count). The first-order valence-electron chi connectivity index (χ1n) is 13.6. The molecular weight excluding hydrogens is 486 g/mol. The Morgan fingerprint density at radius 2 is 1.77 bits per heavy atom. The van der Waals surface area contributed by atoms with Crippen LogP contribution < -0.4 is 5.32 Å². The number of hydrogen-bond donors (Lipinski definition) is 2. The first kappa shape index (κ1) is 25.0. The molecule has 1 aliphatic heterocycles. The minimum Gasteiger partial charge on any atom is -0.361 e. The van der Waals surface area contributed by atoms with Crippen LogP contribution in [0.25, 0.3) is 10.9 Å². The fourth-order valence-corrected chi connectivity index (χ4v) is 5.70. The van der Waals surface area contributed by atoms with Gasteiger partial charge in [0.15, 0.2) is 5.82 Å². The molecule has 8 nitrogen and oxygen atoms in total. The lowest BCUT2D eigenvalue weighted by atomic mass is 9.98. The van der Waals surface area contributed by atoms with Crippen molar-refractivity contribution in [1.82, 2.24) is 34.9 Å². The van der Waals surface area contributed by atoms with Gasteiger partial charge < -0.3 is 14.9 Å². The molecule has 3 aromatic heterocycles. The smallest absolute Gasteiger partial charge is 0.207 e. The van der Waals surface area contributed by atoms with Crippen molar-refractivity contribution in [3.63, 3.8) is 0 Å². The molecule has 5 aromatic rings. The highest BCUT2D eigenvalue weighted by Gasteiger charge is 2.31. The molecule has 1 fully saturated rings. The summed E-state index contributed by atoms with van der Waals surface area (Å²) in [6.07, 6.45) is 8.12. The van der Waals surface area contributed by atoms with Gasteiger partial charge in [0.05, 0.1) is 18.3 Å². The van der Waals surface area contributed by atoms with Crippen LogP contribution >= 0.6 is 0 Å². The van der Waals surface area contributed by atoms with E-state index < -0.39 is 0 Å². The molecule has 2 N–H and O–H groups in total. The highest BCUT2D eigenvalue weighted by atomic mass is 16.1. The SMILES string of the molecule is O=CNC1CCN([C@H](Cc2c[nH]c3ccccc23)c2nnc(Cc3ccccc3)n2Cc2ccccn2)CC1. The fraction of sp³-hybridized carbons (Fsp3) is 0.290. The van der Waals surface area contributed by atoms with Crippen molar-refractivity contribution in [2.45, 2.75) is 44.3 Å². The van der Waals surface area contributed by atoms with E-state index in [1.54, 1.807) is 0 Å². The zero-order chi connectivity index (χ0) is 26.4. The van der Waals surface area contributed by atoms with Gasteiger partial charge in [0.1, 0.15) is 5.82 Å². The van der Waals surface area contributed by atoms with E-state index in [-0.39, 0.29) is 12.1 Å². The number of benzene rings is 2. The minimum absolute atomic E-state index is 0.0297. The second-order valence-electron chi connectivity index (χ2n) is 10.2. The summed E-state index contributed by atoms with van der Waals surface area (Å²) >= 11 is 0. The second-order valence-corrected chi connectivity index (χ2v) is 10.2. The molecule has 1 atom stereocenters. The van der Waals surface area contributed by atoms with E-state index in [1.165, 1.54) is 16.5 Å². The van der Waals surface area contributed by atoms with Crippen molar-refractivity contribution in [3.05, 3.63) is 114 Å². The molecule has 4 heterocycles. The number of carbonyl (C=O) groups excluding carboxylic acids is 1. The van der Waals surface area contributed by atoms with Crippen molar-refractivity contribution in [2.24, 2.45) is 0 Å². The maximum Gasteiger partial charge on any atom is 0.207 e. The van der Waals surface area contributed by atoms with E-state index in [2.05, 4.69) is 85.5 Å². The van der Waals surface area contributed by atoms with Gasteiger partial charge in [-0.15, -0.1) is 10.2 Å². The Labute approximate surface area is 228 Å². The van der Waals surface area contributed by atoms with E-state index >= 15 is 0 Å². The number of likely N-dealkylation sites (tertiary alicyclic amines) is 1. The zero-order valence-corrected chi connectivity index (χ0v) is 21.9. The van der Waals surface area contributed by atoms with E-state index in [0.717, 1.165) is 61.6 Å². The Morgan fingerprint density at radius 1 is 0.974 bits per heavy atom. The topological polar surface area (TPSA) is 91.7 Å². The predicted molar refractivity (Wildman–Crippen MR) is 151 cm³/mol. The van der Waals surface area contributed by atoms with Crippen molar-refractivity contribution in [3.8, 4) is 0 Å². The van der Waals surface area contributed by atoms with Crippen molar-refractivity contribution < 1.29 is 4.79 Å². The van der Waals surface area contributed by atoms with Crippen LogP contribution in [0.4, 0.5) is 0 Å². The minimum atomic E-state index is 0.0297. The summed E-state index contributed by atoms with van der Waals surface area (Å²) in [5, 5.41) is 13.8. The van der Waals surface area contributed by atoms with Crippen LogP contribution in [0.2, 0.25) is 0 Å². The highest BCUT2D eigenvalue weighted by Crippen LogP contribution is 2.31. The van der Waals surface area contributed by atoms with Gasteiger partial charge in [0.2, 0.25) is 6.41 Å². The number of carbonyl (C=O) groups is 1. The molecule has 0 saturated carbocycles. The van der Waals surface area contributed by atoms with Crippen LogP contribution in [0.3, 0.4) is 0 Å². The fourth-order valence-electron chi connectivity index (χ4n) is 5.70. The van der Waals surface area contributed by atoms with Gasteiger partial charge in [-0.05, 0) is 48.6 Å². The molecule has 0 bridgehead atoms. The van der Waals surface area contributed by atoms with Crippen LogP contribution in [0.5, 0.6) is 0 Å². The Bertz CT molecular complexity index is 1500. The lowest BCUT2D eigenvalue weighted by Gasteiger charge is -2.37. The Morgan fingerprint density at radius 3 is 2.56 bits per heavy atom. The lowest BCUT2D eigenvalue weighted by Crippen LogP contribution is -2.44. The maximum atomic E-state index is 11.1. The normalized spacial score (nSPS) is 15.4. The number of aromatic nitrogens is 5. The summed E-state index contributed by atoms with van der Waals surface area (Å²) in [4.78, 5) is 21.6. The third-order valence-corrected chi connectivity index (χ3v) is 7.77. The van der Waals surface area contributed by atoms with E-state index in [9.17, 15) is 4.79 Å². The number of fused-ring (bicyclic) bond motifs is 1. The predicted octanol–water partition coefficient (Wildman–Crippen LogP) is 4.29. The number of H-pyrrole nitrogens is 1. The van der Waals surface area contributed by atoms with Crippen molar-refractivity contribution in [2.75, 3.05) is 13.1 Å². The second kappa shape index (κ2) is 11.6. The number of piperidine rings is 1. The quantitative estimate of drug-likeness (QED) is 0.269. The first-order valence-corrected chi connectivity index (χ1v) is 13.6. The molecule has 1 aliphatic rings. The summed E-state index contributed by atoms with van der Waals surface area (Å²) in [5.41, 5.74) is 4.58. The number of aromatic amines is 1. The third kappa shape index (κ3) is 5.61. The van der Waals surface area contributed by atoms with Crippen LogP contribution in [0.15, 0.2) is 85.2 Å². The number of hydrogen-bond acceptors (Lipinski definition) is 5. The summed E-state index contributed by atoms with van der Waals surface area (Å²) in [7, 11) is 0. The lowest BCUT2D eigenvalue weighted by molar-refractivity contribution is -0.110. The largest absolute Gasteiger partial charge is 0.361 e. The number of para-hydroxylation sites is 1. The van der Waals surface area contributed by atoms with Gasteiger partial charge in [0, 0.05) is 48.8 Å². The summed E-state index contributed by atoms with van der Waals surface area (Å²) in [5.74, 6) is 1.89. The Hall–Kier alpha value is -4.30. The molecule has 8 heteroatoms. The molecule has 1 saturated heterocycles. The summed E-state index contributed by atoms with van der Waals surface area (Å²) < 4.78 is 2.27. The van der Waals surface area contributed by atoms with Crippen LogP contribution in [-0.4, -0.2) is 55.2 Å². The van der Waals surface area contributed by atoms with Crippen molar-refractivity contribution >= 4 is 17.3 Å². The molecule has 0 spiro atoms. The number of rotatable bonds is 10. The molecule has 39 heavy (non-hydrogen) atoms. The average molecular weight is 520 g/mol. The first-order chi connectivity index (χ1) is 19.3. The molecule has 1 amide bonds. The molecule has 198 valence electrons. The van der Waals surface area contributed by atoms with E-state index in [4.69, 9.17) is 10.2 Å². The van der Waals surface area contributed by atoms with Gasteiger partial charge in [-0.2, -0.15) is 0 Å². The van der Waals surface area contributed by atoms with Gasteiger partial charge in [-0.3, -0.25) is 14.7 Å². The van der Waals surface area contributed by atoms with Gasteiger partial charge in [-0.25, -0.2) is 0 Å². The molecular formula is C31H33N7O. The number of pyridine rings is 1. The summed E-state index contributed by atoms with van der Waals surface area (Å²) in [6, 6.07) is 25.1. The molecule has 0 radical (unpaired) electrons. The van der Waals surface area contributed by atoms with Gasteiger partial charge >= 0.3 is 0 Å². The molecule has 0 aliphatic carbocycles. The van der Waals surface area contributed by atoms with Crippen molar-refractivity contribution in [1.29, 1.82) is 0 Å². The van der Waals surface area contributed by atoms with Gasteiger partial charge in [0.25, 0.3) is 0 Å². The molecule has 2 aromatic carbocycles. The van der Waals surface area contributed by atoms with Crippen LogP contribution in [-0.2, 0) is 24.2 Å². The maximum absolute atomic E-state index is 11.1. The molecule has 0 unspecified atom stereocenters. The van der Waals surface area contributed by atoms with Crippen LogP contribution in [0, 0.1) is 0 Å². The third-order valence-electron chi connectivity index (χ3n) is 7.77. The summed E-state index contributed by atoms with van der Waals surface area (Å²) in [6.45, 7) is 2.37. The standard InChI is InChI=1S/C31H33N7O/c39-22-34-25-13-16-37(17-14-25)29(19-24-20-33-28-12-5-4-11-27(24)28)31-36-35-30(18-23-8-2-1-3-9-23)38(31)21-26-10-6-7-15-32-26/h1-12,15,20,22,25,29,33H,13-14,16-19,21H2,(H,34,39)/t29-/m1/s1. The Balaban J connectivity index is 1.39. The zero-order valence-electron chi connectivity index (χ0n) is 21.9. The van der Waals surface area contributed by atoms with Crippen LogP contribution in [0.1, 0.15) is 47.4 Å². The van der Waals surface area contributed by atoms with E-state index in [0.29, 0.717) is 13.0 Å². The Kier molecular flexibility index (Phi) is 7.45. The van der Waals surface area contributed by atoms with E-state index in [1.807, 2.05) is 24.4 Å². The monoisotopic (exact) mass is 519 g/mol. The number of nitrogens with one attached hydrogen (secondary N) is 2. The number of amides is 1.